The predicted octanol–water partition coefficient (Wildman–Crippen LogP) is 2.22. The van der Waals surface area contributed by atoms with E-state index in [2.05, 4.69) is 16.2 Å². The molecule has 3 rings (SSSR count). The van der Waals surface area contributed by atoms with E-state index < -0.39 is 17.4 Å². The molecule has 2 amide bonds. The highest BCUT2D eigenvalue weighted by molar-refractivity contribution is 6.00. The summed E-state index contributed by atoms with van der Waals surface area (Å²) < 4.78 is 0. The number of hydrogen-bond acceptors (Lipinski definition) is 3. The molecular weight excluding hydrogens is 342 g/mol. The van der Waals surface area contributed by atoms with Gasteiger partial charge in [0.1, 0.15) is 5.56 Å². The van der Waals surface area contributed by atoms with Gasteiger partial charge >= 0.3 is 0 Å². The molecule has 134 valence electrons. The molecule has 1 aromatic heterocycles. The number of benzene rings is 2. The Morgan fingerprint density at radius 2 is 1.93 bits per heavy atom. The molecule has 2 aromatic carbocycles. The second kappa shape index (κ2) is 7.58. The van der Waals surface area contributed by atoms with Crippen molar-refractivity contribution in [3.05, 3.63) is 76.1 Å². The van der Waals surface area contributed by atoms with Gasteiger partial charge in [0, 0.05) is 23.8 Å². The number of nitrogens with one attached hydrogen (secondary N) is 2. The second-order valence-electron chi connectivity index (χ2n) is 6.03. The van der Waals surface area contributed by atoms with Gasteiger partial charge < -0.3 is 15.2 Å². The fourth-order valence-corrected chi connectivity index (χ4v) is 2.69. The van der Waals surface area contributed by atoms with Gasteiger partial charge in [-0.3, -0.25) is 14.4 Å². The fourth-order valence-electron chi connectivity index (χ4n) is 2.69. The third kappa shape index (κ3) is 4.05. The molecule has 0 saturated carbocycles. The third-order valence-corrected chi connectivity index (χ3v) is 4.02. The Morgan fingerprint density at radius 3 is 2.70 bits per heavy atom. The van der Waals surface area contributed by atoms with E-state index in [1.54, 1.807) is 42.5 Å². The average Bonchev–Trinajstić information content (AvgIpc) is 2.66. The van der Waals surface area contributed by atoms with Crippen molar-refractivity contribution >= 4 is 28.4 Å². The Labute approximate surface area is 155 Å². The van der Waals surface area contributed by atoms with Gasteiger partial charge in [0.05, 0.1) is 6.54 Å². The summed E-state index contributed by atoms with van der Waals surface area (Å²) in [5.74, 6) is 1.56. The fraction of sp³-hybridized carbons (Fsp3) is 0.0952. The van der Waals surface area contributed by atoms with Crippen LogP contribution < -0.4 is 10.9 Å². The van der Waals surface area contributed by atoms with Crippen molar-refractivity contribution in [2.24, 2.45) is 0 Å². The zero-order chi connectivity index (χ0) is 19.4. The number of H-pyrrole nitrogens is 1. The van der Waals surface area contributed by atoms with Crippen molar-refractivity contribution in [1.82, 2.24) is 9.88 Å². The Kier molecular flexibility index (Phi) is 5.04. The van der Waals surface area contributed by atoms with Crippen LogP contribution in [0.5, 0.6) is 0 Å². The van der Waals surface area contributed by atoms with E-state index in [1.165, 1.54) is 18.0 Å². The largest absolute Gasteiger partial charge is 0.332 e. The average molecular weight is 359 g/mol. The highest BCUT2D eigenvalue weighted by Gasteiger charge is 2.18. The first-order valence-corrected chi connectivity index (χ1v) is 8.22. The van der Waals surface area contributed by atoms with Crippen molar-refractivity contribution in [2.75, 3.05) is 18.9 Å². The molecule has 0 atom stereocenters. The predicted molar refractivity (Wildman–Crippen MR) is 105 cm³/mol. The number of terminal acetylenes is 1. The topological polar surface area (TPSA) is 82.3 Å². The van der Waals surface area contributed by atoms with Crippen molar-refractivity contribution in [2.45, 2.75) is 0 Å². The van der Waals surface area contributed by atoms with Gasteiger partial charge in [0.2, 0.25) is 5.91 Å². The van der Waals surface area contributed by atoms with Gasteiger partial charge in [-0.1, -0.05) is 30.2 Å². The second-order valence-corrected chi connectivity index (χ2v) is 6.03. The zero-order valence-electron chi connectivity index (χ0n) is 14.7. The number of carbonyl (C=O) groups excluding carboxylic acids is 2. The summed E-state index contributed by atoms with van der Waals surface area (Å²) in [4.78, 5) is 40.9. The van der Waals surface area contributed by atoms with Crippen LogP contribution in [0, 0.1) is 12.3 Å². The first kappa shape index (κ1) is 18.0. The lowest BCUT2D eigenvalue weighted by atomic mass is 10.1. The molecule has 0 aliphatic rings. The Balaban J connectivity index is 1.74. The van der Waals surface area contributed by atoms with E-state index in [4.69, 9.17) is 6.42 Å². The number of hydrogen-bond donors (Lipinski definition) is 2. The molecule has 0 saturated heterocycles. The van der Waals surface area contributed by atoms with Crippen LogP contribution in [0.3, 0.4) is 0 Å². The highest BCUT2D eigenvalue weighted by atomic mass is 16.2. The van der Waals surface area contributed by atoms with Gasteiger partial charge in [0.15, 0.2) is 0 Å². The molecule has 1 heterocycles. The lowest BCUT2D eigenvalue weighted by Gasteiger charge is -2.17. The molecule has 3 aromatic rings. The van der Waals surface area contributed by atoms with Crippen molar-refractivity contribution < 1.29 is 9.59 Å². The summed E-state index contributed by atoms with van der Waals surface area (Å²) in [5.41, 5.74) is 1.32. The van der Waals surface area contributed by atoms with Crippen LogP contribution in [-0.4, -0.2) is 35.3 Å². The Bertz CT molecular complexity index is 1130. The van der Waals surface area contributed by atoms with Crippen LogP contribution >= 0.6 is 0 Å². The van der Waals surface area contributed by atoms with Gasteiger partial charge in [-0.05, 0) is 35.7 Å². The minimum Gasteiger partial charge on any atom is -0.332 e. The molecule has 6 heteroatoms. The smallest absolute Gasteiger partial charge is 0.261 e. The quantitative estimate of drug-likeness (QED) is 0.701. The van der Waals surface area contributed by atoms with E-state index in [0.717, 1.165) is 5.39 Å². The van der Waals surface area contributed by atoms with Crippen LogP contribution in [-0.2, 0) is 4.79 Å². The lowest BCUT2D eigenvalue weighted by molar-refractivity contribution is -0.116. The maximum Gasteiger partial charge on any atom is 0.261 e. The number of aromatic nitrogens is 1. The number of aromatic amines is 1. The summed E-state index contributed by atoms with van der Waals surface area (Å²) in [6.45, 7) is -0.203. The van der Waals surface area contributed by atoms with Gasteiger partial charge in [-0.2, -0.15) is 0 Å². The molecule has 0 bridgehead atoms. The van der Waals surface area contributed by atoms with E-state index in [-0.39, 0.29) is 12.1 Å². The van der Waals surface area contributed by atoms with Crippen molar-refractivity contribution in [1.29, 1.82) is 0 Å². The van der Waals surface area contributed by atoms with E-state index >= 15 is 0 Å². The summed E-state index contributed by atoms with van der Waals surface area (Å²) in [6, 6.07) is 15.5. The number of pyridine rings is 1. The molecular formula is C21H17N3O3. The van der Waals surface area contributed by atoms with Gasteiger partial charge in [-0.25, -0.2) is 0 Å². The molecule has 6 nitrogen and oxygen atoms in total. The number of rotatable bonds is 4. The number of anilines is 1. The SMILES string of the molecule is C#Cc1cccc(NC(=O)CN(C)C(=O)c2cc3ccccc3[nH]c2=O)c1. The number of likely N-dealkylation sites (N-methyl/N-ethyl adjacent to an activating group) is 1. The van der Waals surface area contributed by atoms with E-state index in [0.29, 0.717) is 16.8 Å². The Hall–Kier alpha value is -3.85. The molecule has 0 radical (unpaired) electrons. The maximum absolute atomic E-state index is 12.6. The molecule has 27 heavy (non-hydrogen) atoms. The van der Waals surface area contributed by atoms with Crippen LogP contribution in [0.25, 0.3) is 10.9 Å². The minimum atomic E-state index is -0.533. The third-order valence-electron chi connectivity index (χ3n) is 4.02. The standard InChI is InChI=1S/C21H17N3O3/c1-3-14-7-6-9-16(11-14)22-19(25)13-24(2)21(27)17-12-15-8-4-5-10-18(15)23-20(17)26/h1,4-12H,13H2,2H3,(H,22,25)(H,23,26). The minimum absolute atomic E-state index is 0.0154. The first-order chi connectivity index (χ1) is 13.0. The first-order valence-electron chi connectivity index (χ1n) is 8.22. The molecule has 0 spiro atoms. The van der Waals surface area contributed by atoms with Gasteiger partial charge in [0.25, 0.3) is 11.5 Å². The zero-order valence-corrected chi connectivity index (χ0v) is 14.7. The summed E-state index contributed by atoms with van der Waals surface area (Å²) in [7, 11) is 1.47. The van der Waals surface area contributed by atoms with E-state index in [9.17, 15) is 14.4 Å². The van der Waals surface area contributed by atoms with E-state index in [1.807, 2.05) is 6.07 Å². The number of carbonyl (C=O) groups is 2. The molecule has 0 fully saturated rings. The van der Waals surface area contributed by atoms with Crippen LogP contribution in [0.1, 0.15) is 15.9 Å². The maximum atomic E-state index is 12.6. The summed E-state index contributed by atoms with van der Waals surface area (Å²) in [5, 5.41) is 3.42. The van der Waals surface area contributed by atoms with Crippen LogP contribution in [0.2, 0.25) is 0 Å². The highest BCUT2D eigenvalue weighted by Crippen LogP contribution is 2.12. The van der Waals surface area contributed by atoms with Gasteiger partial charge in [-0.15, -0.1) is 6.42 Å². The number of nitrogens with zero attached hydrogens (tertiary/aromatic N) is 1. The molecule has 2 N–H and O–H groups in total. The number of para-hydroxylation sites is 1. The summed E-state index contributed by atoms with van der Waals surface area (Å²) in [6.07, 6.45) is 5.34. The van der Waals surface area contributed by atoms with Crippen molar-refractivity contribution in [3.8, 4) is 12.3 Å². The Morgan fingerprint density at radius 1 is 1.15 bits per heavy atom. The van der Waals surface area contributed by atoms with Crippen molar-refractivity contribution in [3.63, 3.8) is 0 Å². The lowest BCUT2D eigenvalue weighted by Crippen LogP contribution is -2.37. The molecule has 0 aliphatic heterocycles. The molecule has 0 aliphatic carbocycles. The number of fused-ring (bicyclic) bond motifs is 1. The molecule has 0 unspecified atom stereocenters. The number of amides is 2. The normalized spacial score (nSPS) is 10.2. The summed E-state index contributed by atoms with van der Waals surface area (Å²) >= 11 is 0. The van der Waals surface area contributed by atoms with Crippen LogP contribution in [0.15, 0.2) is 59.4 Å². The van der Waals surface area contributed by atoms with Crippen LogP contribution in [0.4, 0.5) is 5.69 Å². The monoisotopic (exact) mass is 359 g/mol.